The molecule has 2 aromatic heterocycles. The molecule has 0 aromatic carbocycles. The lowest BCUT2D eigenvalue weighted by molar-refractivity contribution is -0.122. The fourth-order valence-electron chi connectivity index (χ4n) is 3.73. The highest BCUT2D eigenvalue weighted by Gasteiger charge is 2.42. The summed E-state index contributed by atoms with van der Waals surface area (Å²) in [6, 6.07) is 3.75. The smallest absolute Gasteiger partial charge is 0.257 e. The summed E-state index contributed by atoms with van der Waals surface area (Å²) in [6.07, 6.45) is 7.66. The molecule has 0 unspecified atom stereocenters. The van der Waals surface area contributed by atoms with Gasteiger partial charge in [-0.25, -0.2) is 4.98 Å². The zero-order valence-corrected chi connectivity index (χ0v) is 16.2. The van der Waals surface area contributed by atoms with Gasteiger partial charge in [0.15, 0.2) is 5.16 Å². The summed E-state index contributed by atoms with van der Waals surface area (Å²) in [7, 11) is 0. The average Bonchev–Trinajstić information content (AvgIpc) is 2.67. The molecule has 140 valence electrons. The molecule has 0 amide bonds. The van der Waals surface area contributed by atoms with Crippen LogP contribution < -0.4 is 10.9 Å². The lowest BCUT2D eigenvalue weighted by Gasteiger charge is -2.36. The molecule has 2 aromatic rings. The molecule has 6 nitrogen and oxygen atoms in total. The Morgan fingerprint density at radius 2 is 2.04 bits per heavy atom. The molecule has 0 fully saturated rings. The van der Waals surface area contributed by atoms with E-state index in [1.807, 2.05) is 12.1 Å². The van der Waals surface area contributed by atoms with Crippen LogP contribution in [-0.2, 0) is 4.79 Å². The van der Waals surface area contributed by atoms with E-state index in [9.17, 15) is 9.59 Å². The molecule has 0 radical (unpaired) electrons. The number of anilines is 1. The number of rotatable bonds is 4. The zero-order valence-electron chi connectivity index (χ0n) is 15.4. The van der Waals surface area contributed by atoms with Crippen LogP contribution in [0.15, 0.2) is 46.3 Å². The molecule has 4 rings (SSSR count). The summed E-state index contributed by atoms with van der Waals surface area (Å²) < 4.78 is 0. The lowest BCUT2D eigenvalue weighted by atomic mass is 9.72. The van der Waals surface area contributed by atoms with Crippen molar-refractivity contribution in [3.63, 3.8) is 0 Å². The molecule has 7 heteroatoms. The van der Waals surface area contributed by atoms with Gasteiger partial charge in [-0.15, -0.1) is 0 Å². The first-order chi connectivity index (χ1) is 13.1. The fourth-order valence-corrected chi connectivity index (χ4v) is 4.57. The molecule has 1 aliphatic heterocycles. The molecule has 1 aliphatic carbocycles. The number of thioether (sulfide) groups is 1. The minimum Gasteiger partial charge on any atom is -0.343 e. The quantitative estimate of drug-likeness (QED) is 0.622. The Labute approximate surface area is 161 Å². The monoisotopic (exact) mass is 382 g/mol. The first-order valence-corrected chi connectivity index (χ1v) is 10.2. The van der Waals surface area contributed by atoms with Gasteiger partial charge in [0.05, 0.1) is 11.5 Å². The van der Waals surface area contributed by atoms with Crippen LogP contribution in [0.2, 0.25) is 0 Å². The van der Waals surface area contributed by atoms with Crippen molar-refractivity contribution in [3.05, 3.63) is 57.8 Å². The molecule has 0 bridgehead atoms. The SMILES string of the molecule is CC[C@H](C)Sc1nc2c(c(=O)[nH]1)[C@@H](c1ccncc1)[C@@H]1C(=O)CCC=C1N2. The van der Waals surface area contributed by atoms with Gasteiger partial charge in [0.2, 0.25) is 0 Å². The highest BCUT2D eigenvalue weighted by atomic mass is 32.2. The highest BCUT2D eigenvalue weighted by Crippen LogP contribution is 2.44. The number of fused-ring (bicyclic) bond motifs is 2. The predicted molar refractivity (Wildman–Crippen MR) is 106 cm³/mol. The Morgan fingerprint density at radius 3 is 2.78 bits per heavy atom. The van der Waals surface area contributed by atoms with Gasteiger partial charge in [-0.1, -0.05) is 31.7 Å². The van der Waals surface area contributed by atoms with Crippen molar-refractivity contribution in [1.29, 1.82) is 0 Å². The summed E-state index contributed by atoms with van der Waals surface area (Å²) in [6.45, 7) is 4.21. The largest absolute Gasteiger partial charge is 0.343 e. The Bertz CT molecular complexity index is 954. The number of carbonyl (C=O) groups excluding carboxylic acids is 1. The number of nitrogens with zero attached hydrogens (tertiary/aromatic N) is 2. The molecule has 0 saturated carbocycles. The molecule has 2 N–H and O–H groups in total. The number of pyridine rings is 1. The van der Waals surface area contributed by atoms with E-state index in [4.69, 9.17) is 0 Å². The number of Topliss-reactive ketones (excluding diaryl/α,β-unsaturated/α-hetero) is 1. The molecule has 2 aliphatic rings. The van der Waals surface area contributed by atoms with Crippen molar-refractivity contribution in [1.82, 2.24) is 15.0 Å². The van der Waals surface area contributed by atoms with Crippen LogP contribution >= 0.6 is 11.8 Å². The second-order valence-corrected chi connectivity index (χ2v) is 8.42. The van der Waals surface area contributed by atoms with Gasteiger partial charge in [-0.2, -0.15) is 0 Å². The molecule has 27 heavy (non-hydrogen) atoms. The van der Waals surface area contributed by atoms with Crippen LogP contribution in [0, 0.1) is 5.92 Å². The van der Waals surface area contributed by atoms with Crippen molar-refractivity contribution in [2.75, 3.05) is 5.32 Å². The third-order valence-corrected chi connectivity index (χ3v) is 6.38. The van der Waals surface area contributed by atoms with Crippen molar-refractivity contribution in [2.24, 2.45) is 5.92 Å². The number of ketones is 1. The van der Waals surface area contributed by atoms with Crippen LogP contribution in [0.3, 0.4) is 0 Å². The van der Waals surface area contributed by atoms with Crippen LogP contribution in [0.5, 0.6) is 0 Å². The minimum atomic E-state index is -0.371. The maximum atomic E-state index is 13.0. The third kappa shape index (κ3) is 3.32. The molecule has 3 heterocycles. The molecule has 0 spiro atoms. The first kappa shape index (κ1) is 18.0. The topological polar surface area (TPSA) is 87.7 Å². The number of nitrogens with one attached hydrogen (secondary N) is 2. The summed E-state index contributed by atoms with van der Waals surface area (Å²) in [5, 5.41) is 4.24. The minimum absolute atomic E-state index is 0.157. The molecular formula is C20H22N4O2S. The van der Waals surface area contributed by atoms with Crippen molar-refractivity contribution in [2.45, 2.75) is 49.4 Å². The third-order valence-electron chi connectivity index (χ3n) is 5.23. The van der Waals surface area contributed by atoms with Gasteiger partial charge in [-0.3, -0.25) is 14.6 Å². The van der Waals surface area contributed by atoms with E-state index in [-0.39, 0.29) is 23.2 Å². The summed E-state index contributed by atoms with van der Waals surface area (Å²) in [5.74, 6) is 0.000279. The van der Waals surface area contributed by atoms with Gasteiger partial charge in [0.1, 0.15) is 11.6 Å². The van der Waals surface area contributed by atoms with Gasteiger partial charge >= 0.3 is 0 Å². The van der Waals surface area contributed by atoms with Crippen LogP contribution in [0.25, 0.3) is 0 Å². The second kappa shape index (κ2) is 7.31. The zero-order chi connectivity index (χ0) is 19.0. The number of hydrogen-bond acceptors (Lipinski definition) is 6. The Hall–Kier alpha value is -2.41. The van der Waals surface area contributed by atoms with Crippen molar-refractivity contribution in [3.8, 4) is 0 Å². The van der Waals surface area contributed by atoms with Crippen LogP contribution in [0.4, 0.5) is 5.82 Å². The lowest BCUT2D eigenvalue weighted by Crippen LogP contribution is -2.38. The van der Waals surface area contributed by atoms with Crippen LogP contribution in [0.1, 0.15) is 50.2 Å². The highest BCUT2D eigenvalue weighted by molar-refractivity contribution is 7.99. The van der Waals surface area contributed by atoms with Gasteiger partial charge in [0.25, 0.3) is 5.56 Å². The van der Waals surface area contributed by atoms with E-state index in [1.165, 1.54) is 0 Å². The maximum Gasteiger partial charge on any atom is 0.257 e. The van der Waals surface area contributed by atoms with Gasteiger partial charge in [0, 0.05) is 35.7 Å². The van der Waals surface area contributed by atoms with Crippen molar-refractivity contribution < 1.29 is 4.79 Å². The number of carbonyl (C=O) groups is 1. The Balaban J connectivity index is 1.88. The Kier molecular flexibility index (Phi) is 4.86. The van der Waals surface area contributed by atoms with Gasteiger partial charge < -0.3 is 10.3 Å². The fraction of sp³-hybridized carbons (Fsp3) is 0.400. The number of aromatic amines is 1. The van der Waals surface area contributed by atoms with E-state index in [2.05, 4.69) is 40.2 Å². The predicted octanol–water partition coefficient (Wildman–Crippen LogP) is 3.48. The standard InChI is InChI=1S/C20H22N4O2S/c1-3-11(2)27-20-23-18-17(19(26)24-20)15(12-7-9-21-10-8-12)16-13(22-18)5-4-6-14(16)25/h5,7-11,15-16H,3-4,6H2,1-2H3,(H2,22,23,24,26)/t11-,15-,16-/m0/s1. The number of H-pyrrole nitrogens is 1. The van der Waals surface area contributed by atoms with Gasteiger partial charge in [-0.05, 0) is 30.5 Å². The number of hydrogen-bond donors (Lipinski definition) is 2. The van der Waals surface area contributed by atoms with Crippen molar-refractivity contribution >= 4 is 23.4 Å². The van der Waals surface area contributed by atoms with E-state index in [0.717, 1.165) is 17.7 Å². The van der Waals surface area contributed by atoms with E-state index in [1.54, 1.807) is 24.2 Å². The average molecular weight is 382 g/mol. The molecule has 0 saturated heterocycles. The summed E-state index contributed by atoms with van der Waals surface area (Å²) >= 11 is 1.55. The molecule has 3 atom stereocenters. The van der Waals surface area contributed by atoms with E-state index in [0.29, 0.717) is 34.6 Å². The van der Waals surface area contributed by atoms with E-state index >= 15 is 0 Å². The Morgan fingerprint density at radius 1 is 1.26 bits per heavy atom. The normalized spacial score (nSPS) is 22.3. The summed E-state index contributed by atoms with van der Waals surface area (Å²) in [5.41, 5.74) is 2.12. The molecular weight excluding hydrogens is 360 g/mol. The summed E-state index contributed by atoms with van der Waals surface area (Å²) in [4.78, 5) is 37.5. The van der Waals surface area contributed by atoms with Crippen LogP contribution in [-0.4, -0.2) is 26.0 Å². The maximum absolute atomic E-state index is 13.0. The van der Waals surface area contributed by atoms with E-state index < -0.39 is 0 Å². The first-order valence-electron chi connectivity index (χ1n) is 9.29. The number of aromatic nitrogens is 3. The second-order valence-electron chi connectivity index (χ2n) is 7.00. The number of allylic oxidation sites excluding steroid dienone is 2.